The zero-order valence-corrected chi connectivity index (χ0v) is 13.1. The van der Waals surface area contributed by atoms with E-state index in [1.807, 2.05) is 19.1 Å². The third kappa shape index (κ3) is 3.18. The number of ether oxygens (including phenoxy) is 1. The lowest BCUT2D eigenvalue weighted by molar-refractivity contribution is -0.0839. The van der Waals surface area contributed by atoms with Gasteiger partial charge in [-0.05, 0) is 54.2 Å². The highest BCUT2D eigenvalue weighted by Gasteiger charge is 2.39. The summed E-state index contributed by atoms with van der Waals surface area (Å²) < 4.78 is 20.4. The predicted octanol–water partition coefficient (Wildman–Crippen LogP) is 4.20. The summed E-state index contributed by atoms with van der Waals surface area (Å²) >= 11 is 3.26. The summed E-state index contributed by atoms with van der Waals surface area (Å²) in [6.07, 6.45) is 4.17. The molecule has 0 bridgehead atoms. The average Bonchev–Trinajstić information content (AvgIpc) is 2.36. The molecular formula is C15H21BrFNO. The van der Waals surface area contributed by atoms with Gasteiger partial charge in [-0.2, -0.15) is 0 Å². The summed E-state index contributed by atoms with van der Waals surface area (Å²) in [5, 5.41) is 3.38. The quantitative estimate of drug-likeness (QED) is 0.844. The molecule has 0 heterocycles. The predicted molar refractivity (Wildman–Crippen MR) is 78.7 cm³/mol. The van der Waals surface area contributed by atoms with Gasteiger partial charge in [-0.15, -0.1) is 0 Å². The van der Waals surface area contributed by atoms with Crippen LogP contribution in [0.25, 0.3) is 0 Å². The van der Waals surface area contributed by atoms with E-state index in [4.69, 9.17) is 4.74 Å². The smallest absolute Gasteiger partial charge is 0.142 e. The van der Waals surface area contributed by atoms with Gasteiger partial charge in [0.2, 0.25) is 0 Å². The second kappa shape index (κ2) is 6.33. The Kier molecular flexibility index (Phi) is 4.98. The van der Waals surface area contributed by atoms with Crippen LogP contribution >= 0.6 is 15.9 Å². The molecule has 1 aliphatic rings. The number of hydrogen-bond acceptors (Lipinski definition) is 2. The van der Waals surface area contributed by atoms with E-state index in [2.05, 4.69) is 21.2 Å². The largest absolute Gasteiger partial charge is 0.378 e. The topological polar surface area (TPSA) is 21.3 Å². The minimum absolute atomic E-state index is 0.00255. The molecule has 1 aliphatic carbocycles. The summed E-state index contributed by atoms with van der Waals surface area (Å²) in [7, 11) is 1.76. The first-order chi connectivity index (χ1) is 9.12. The molecule has 0 aliphatic heterocycles. The van der Waals surface area contributed by atoms with Crippen LogP contribution in [0.2, 0.25) is 0 Å². The van der Waals surface area contributed by atoms with E-state index in [0.717, 1.165) is 31.4 Å². The Balaban J connectivity index is 2.22. The van der Waals surface area contributed by atoms with Crippen molar-refractivity contribution in [1.82, 2.24) is 5.32 Å². The first kappa shape index (κ1) is 14.9. The van der Waals surface area contributed by atoms with E-state index in [-0.39, 0.29) is 17.5 Å². The lowest BCUT2D eigenvalue weighted by Crippen LogP contribution is -2.43. The van der Waals surface area contributed by atoms with Crippen molar-refractivity contribution in [2.45, 2.75) is 44.2 Å². The van der Waals surface area contributed by atoms with Crippen LogP contribution in [-0.4, -0.2) is 19.3 Å². The molecule has 0 spiro atoms. The SMILES string of the molecule is CCNC(CC1(OC)CCC1)c1cccc(Br)c1F. The van der Waals surface area contributed by atoms with Crippen LogP contribution in [0.1, 0.15) is 44.2 Å². The number of benzene rings is 1. The van der Waals surface area contributed by atoms with Gasteiger partial charge in [0.1, 0.15) is 5.82 Å². The minimum atomic E-state index is -0.168. The van der Waals surface area contributed by atoms with Crippen LogP contribution in [0.4, 0.5) is 4.39 Å². The molecule has 0 radical (unpaired) electrons. The highest BCUT2D eigenvalue weighted by Crippen LogP contribution is 2.42. The van der Waals surface area contributed by atoms with Crippen LogP contribution in [-0.2, 0) is 4.74 Å². The van der Waals surface area contributed by atoms with E-state index in [1.165, 1.54) is 6.42 Å². The first-order valence-corrected chi connectivity index (χ1v) is 7.63. The fourth-order valence-electron chi connectivity index (χ4n) is 2.76. The van der Waals surface area contributed by atoms with Crippen molar-refractivity contribution in [1.29, 1.82) is 0 Å². The average molecular weight is 330 g/mol. The van der Waals surface area contributed by atoms with Crippen molar-refractivity contribution in [2.24, 2.45) is 0 Å². The molecular weight excluding hydrogens is 309 g/mol. The number of methoxy groups -OCH3 is 1. The highest BCUT2D eigenvalue weighted by atomic mass is 79.9. The molecule has 2 rings (SSSR count). The maximum Gasteiger partial charge on any atom is 0.142 e. The molecule has 1 saturated carbocycles. The van der Waals surface area contributed by atoms with Crippen molar-refractivity contribution in [3.63, 3.8) is 0 Å². The fourth-order valence-corrected chi connectivity index (χ4v) is 3.14. The van der Waals surface area contributed by atoms with Gasteiger partial charge in [0.25, 0.3) is 0 Å². The minimum Gasteiger partial charge on any atom is -0.378 e. The number of hydrogen-bond donors (Lipinski definition) is 1. The van der Waals surface area contributed by atoms with Gasteiger partial charge in [-0.3, -0.25) is 0 Å². The van der Waals surface area contributed by atoms with Gasteiger partial charge in [-0.25, -0.2) is 4.39 Å². The van der Waals surface area contributed by atoms with Crippen molar-refractivity contribution in [3.05, 3.63) is 34.1 Å². The Morgan fingerprint density at radius 1 is 1.47 bits per heavy atom. The highest BCUT2D eigenvalue weighted by molar-refractivity contribution is 9.10. The Bertz CT molecular complexity index is 429. The molecule has 1 N–H and O–H groups in total. The molecule has 1 aromatic rings. The normalized spacial score (nSPS) is 18.9. The van der Waals surface area contributed by atoms with Crippen LogP contribution in [0.5, 0.6) is 0 Å². The van der Waals surface area contributed by atoms with Gasteiger partial charge < -0.3 is 10.1 Å². The molecule has 106 valence electrons. The van der Waals surface area contributed by atoms with E-state index < -0.39 is 0 Å². The van der Waals surface area contributed by atoms with Gasteiger partial charge >= 0.3 is 0 Å². The second-order valence-corrected chi connectivity index (χ2v) is 6.05. The lowest BCUT2D eigenvalue weighted by Gasteiger charge is -2.43. The third-order valence-electron chi connectivity index (χ3n) is 4.08. The summed E-state index contributed by atoms with van der Waals surface area (Å²) in [4.78, 5) is 0. The molecule has 0 aromatic heterocycles. The third-order valence-corrected chi connectivity index (χ3v) is 4.69. The monoisotopic (exact) mass is 329 g/mol. The Morgan fingerprint density at radius 3 is 2.74 bits per heavy atom. The number of rotatable bonds is 6. The second-order valence-electron chi connectivity index (χ2n) is 5.20. The van der Waals surface area contributed by atoms with Gasteiger partial charge in [0.05, 0.1) is 10.1 Å². The van der Waals surface area contributed by atoms with Gasteiger partial charge in [0, 0.05) is 18.7 Å². The van der Waals surface area contributed by atoms with Crippen LogP contribution in [0.15, 0.2) is 22.7 Å². The summed E-state index contributed by atoms with van der Waals surface area (Å²) in [5.41, 5.74) is 0.654. The van der Waals surface area contributed by atoms with Crippen molar-refractivity contribution < 1.29 is 9.13 Å². The van der Waals surface area contributed by atoms with E-state index in [1.54, 1.807) is 13.2 Å². The molecule has 2 nitrogen and oxygen atoms in total. The summed E-state index contributed by atoms with van der Waals surface area (Å²) in [6.45, 7) is 2.86. The Morgan fingerprint density at radius 2 is 2.21 bits per heavy atom. The van der Waals surface area contributed by atoms with E-state index >= 15 is 0 Å². The zero-order chi connectivity index (χ0) is 13.9. The molecule has 1 fully saturated rings. The number of halogens is 2. The van der Waals surface area contributed by atoms with E-state index in [0.29, 0.717) is 4.47 Å². The summed E-state index contributed by atoms with van der Waals surface area (Å²) in [6, 6.07) is 5.47. The molecule has 0 amide bonds. The van der Waals surface area contributed by atoms with Crippen LogP contribution in [0, 0.1) is 5.82 Å². The molecule has 0 saturated heterocycles. The Hall–Kier alpha value is -0.450. The molecule has 4 heteroatoms. The number of nitrogens with one attached hydrogen (secondary N) is 1. The van der Waals surface area contributed by atoms with Crippen LogP contribution < -0.4 is 5.32 Å². The molecule has 1 aromatic carbocycles. The van der Waals surface area contributed by atoms with Crippen LogP contribution in [0.3, 0.4) is 0 Å². The maximum atomic E-state index is 14.2. The van der Waals surface area contributed by atoms with Crippen molar-refractivity contribution >= 4 is 15.9 Å². The first-order valence-electron chi connectivity index (χ1n) is 6.84. The van der Waals surface area contributed by atoms with Crippen molar-refractivity contribution in [3.8, 4) is 0 Å². The fraction of sp³-hybridized carbons (Fsp3) is 0.600. The lowest BCUT2D eigenvalue weighted by atomic mass is 9.74. The molecule has 19 heavy (non-hydrogen) atoms. The Labute approximate surface area is 122 Å². The van der Waals surface area contributed by atoms with Crippen molar-refractivity contribution in [2.75, 3.05) is 13.7 Å². The zero-order valence-electron chi connectivity index (χ0n) is 11.5. The maximum absolute atomic E-state index is 14.2. The van der Waals surface area contributed by atoms with E-state index in [9.17, 15) is 4.39 Å². The van der Waals surface area contributed by atoms with Gasteiger partial charge in [-0.1, -0.05) is 19.1 Å². The molecule has 1 unspecified atom stereocenters. The summed E-state index contributed by atoms with van der Waals surface area (Å²) in [5.74, 6) is -0.168. The molecule has 1 atom stereocenters. The van der Waals surface area contributed by atoms with Gasteiger partial charge in [0.15, 0.2) is 0 Å². The standard InChI is InChI=1S/C15H21BrFNO/c1-3-18-13(10-15(19-2)8-5-9-15)11-6-4-7-12(16)14(11)17/h4,6-7,13,18H,3,5,8-10H2,1-2H3.